The van der Waals surface area contributed by atoms with E-state index in [0.29, 0.717) is 0 Å². The molecule has 2 rings (SSSR count). The minimum absolute atomic E-state index is 0.113. The highest BCUT2D eigenvalue weighted by atomic mass is 15.3. The number of hydrogen-bond donors (Lipinski definition) is 2. The summed E-state index contributed by atoms with van der Waals surface area (Å²) >= 11 is 0. The van der Waals surface area contributed by atoms with Crippen molar-refractivity contribution in [3.63, 3.8) is 0 Å². The van der Waals surface area contributed by atoms with Gasteiger partial charge in [0, 0.05) is 30.1 Å². The maximum Gasteiger partial charge on any atom is 0.222 e. The van der Waals surface area contributed by atoms with E-state index < -0.39 is 0 Å². The SMILES string of the molecule is Cc1cc(NC(C)c2c(C)nn(C)c2C)nc(N)n1. The summed E-state index contributed by atoms with van der Waals surface area (Å²) < 4.78 is 1.89. The molecular formula is C13H20N6. The van der Waals surface area contributed by atoms with E-state index in [1.54, 1.807) is 0 Å². The molecule has 2 aromatic rings. The maximum absolute atomic E-state index is 5.66. The van der Waals surface area contributed by atoms with Crippen LogP contribution >= 0.6 is 0 Å². The quantitative estimate of drug-likeness (QED) is 0.880. The molecule has 1 atom stereocenters. The van der Waals surface area contributed by atoms with Crippen molar-refractivity contribution in [3.8, 4) is 0 Å². The number of nitrogens with two attached hydrogens (primary N) is 1. The van der Waals surface area contributed by atoms with Crippen LogP contribution in [0.1, 0.15) is 35.6 Å². The molecule has 6 nitrogen and oxygen atoms in total. The van der Waals surface area contributed by atoms with E-state index in [4.69, 9.17) is 5.73 Å². The predicted octanol–water partition coefficient (Wildman–Crippen LogP) is 1.89. The van der Waals surface area contributed by atoms with Gasteiger partial charge in [-0.2, -0.15) is 10.1 Å². The minimum Gasteiger partial charge on any atom is -0.368 e. The van der Waals surface area contributed by atoms with E-state index in [1.165, 1.54) is 5.56 Å². The van der Waals surface area contributed by atoms with Crippen molar-refractivity contribution in [1.29, 1.82) is 0 Å². The third-order valence-electron chi connectivity index (χ3n) is 3.23. The number of anilines is 2. The van der Waals surface area contributed by atoms with Crippen LogP contribution in [0.3, 0.4) is 0 Å². The Labute approximate surface area is 113 Å². The monoisotopic (exact) mass is 260 g/mol. The lowest BCUT2D eigenvalue weighted by atomic mass is 10.1. The van der Waals surface area contributed by atoms with Crippen molar-refractivity contribution in [3.05, 3.63) is 28.7 Å². The van der Waals surface area contributed by atoms with E-state index in [0.717, 1.165) is 22.9 Å². The largest absolute Gasteiger partial charge is 0.368 e. The lowest BCUT2D eigenvalue weighted by Gasteiger charge is -2.16. The van der Waals surface area contributed by atoms with E-state index >= 15 is 0 Å². The molecule has 0 bridgehead atoms. The van der Waals surface area contributed by atoms with Crippen LogP contribution < -0.4 is 11.1 Å². The van der Waals surface area contributed by atoms with Crippen molar-refractivity contribution < 1.29 is 0 Å². The second-order valence-corrected chi connectivity index (χ2v) is 4.83. The molecule has 0 spiro atoms. The Kier molecular flexibility index (Phi) is 3.42. The van der Waals surface area contributed by atoms with Gasteiger partial charge in [-0.1, -0.05) is 0 Å². The molecule has 0 aromatic carbocycles. The molecule has 0 aliphatic rings. The minimum atomic E-state index is 0.113. The molecule has 19 heavy (non-hydrogen) atoms. The summed E-state index contributed by atoms with van der Waals surface area (Å²) in [5.74, 6) is 1.02. The third-order valence-corrected chi connectivity index (χ3v) is 3.23. The van der Waals surface area contributed by atoms with Gasteiger partial charge in [-0.3, -0.25) is 4.68 Å². The highest BCUT2D eigenvalue weighted by Crippen LogP contribution is 2.24. The van der Waals surface area contributed by atoms with Crippen LogP contribution in [-0.4, -0.2) is 19.7 Å². The summed E-state index contributed by atoms with van der Waals surface area (Å²) in [4.78, 5) is 8.26. The number of aryl methyl sites for hydroxylation is 3. The number of nitrogens with one attached hydrogen (secondary N) is 1. The van der Waals surface area contributed by atoms with Crippen LogP contribution in [0.4, 0.5) is 11.8 Å². The predicted molar refractivity (Wildman–Crippen MR) is 75.9 cm³/mol. The lowest BCUT2D eigenvalue weighted by Crippen LogP contribution is -2.11. The molecule has 0 radical (unpaired) electrons. The summed E-state index contributed by atoms with van der Waals surface area (Å²) in [6.45, 7) is 8.06. The third kappa shape index (κ3) is 2.67. The summed E-state index contributed by atoms with van der Waals surface area (Å²) in [6, 6.07) is 2.00. The summed E-state index contributed by atoms with van der Waals surface area (Å²) in [7, 11) is 1.95. The average molecular weight is 260 g/mol. The molecule has 0 aliphatic carbocycles. The summed E-state index contributed by atoms with van der Waals surface area (Å²) in [6.07, 6.45) is 0. The van der Waals surface area contributed by atoms with E-state index in [1.807, 2.05) is 31.6 Å². The van der Waals surface area contributed by atoms with Crippen LogP contribution in [0.2, 0.25) is 0 Å². The molecule has 0 aliphatic heterocycles. The Hall–Kier alpha value is -2.11. The van der Waals surface area contributed by atoms with Crippen LogP contribution in [-0.2, 0) is 7.05 Å². The number of nitrogen functional groups attached to an aromatic ring is 1. The van der Waals surface area contributed by atoms with Gasteiger partial charge in [0.05, 0.1) is 11.7 Å². The smallest absolute Gasteiger partial charge is 0.222 e. The van der Waals surface area contributed by atoms with Gasteiger partial charge in [0.1, 0.15) is 5.82 Å². The molecule has 3 N–H and O–H groups in total. The standard InChI is InChI=1S/C13H20N6/c1-7-6-11(17-13(14)15-7)16-8(2)12-9(3)18-19(5)10(12)4/h6,8H,1-5H3,(H3,14,15,16,17). The first kappa shape index (κ1) is 13.3. The number of hydrogen-bond acceptors (Lipinski definition) is 5. The average Bonchev–Trinajstić information content (AvgIpc) is 2.51. The van der Waals surface area contributed by atoms with E-state index in [9.17, 15) is 0 Å². The zero-order chi connectivity index (χ0) is 14.2. The molecule has 0 saturated heterocycles. The highest BCUT2D eigenvalue weighted by Gasteiger charge is 2.16. The molecule has 6 heteroatoms. The molecule has 2 aromatic heterocycles. The lowest BCUT2D eigenvalue weighted by molar-refractivity contribution is 0.728. The van der Waals surface area contributed by atoms with Crippen molar-refractivity contribution in [2.45, 2.75) is 33.7 Å². The van der Waals surface area contributed by atoms with Gasteiger partial charge in [-0.15, -0.1) is 0 Å². The van der Waals surface area contributed by atoms with Crippen LogP contribution in [0.25, 0.3) is 0 Å². The first-order valence-corrected chi connectivity index (χ1v) is 6.26. The van der Waals surface area contributed by atoms with Gasteiger partial charge < -0.3 is 11.1 Å². The Morgan fingerprint density at radius 3 is 2.47 bits per heavy atom. The number of aromatic nitrogens is 4. The van der Waals surface area contributed by atoms with Crippen LogP contribution in [0, 0.1) is 20.8 Å². The molecular weight excluding hydrogens is 240 g/mol. The molecule has 0 saturated carbocycles. The van der Waals surface area contributed by atoms with Gasteiger partial charge in [-0.25, -0.2) is 4.98 Å². The maximum atomic E-state index is 5.66. The normalized spacial score (nSPS) is 12.5. The number of nitrogens with zero attached hydrogens (tertiary/aromatic N) is 4. The van der Waals surface area contributed by atoms with Crippen LogP contribution in [0.15, 0.2) is 6.07 Å². The molecule has 2 heterocycles. The number of rotatable bonds is 3. The second-order valence-electron chi connectivity index (χ2n) is 4.83. The highest BCUT2D eigenvalue weighted by molar-refractivity contribution is 5.44. The first-order chi connectivity index (χ1) is 8.88. The zero-order valence-corrected chi connectivity index (χ0v) is 12.0. The van der Waals surface area contributed by atoms with Crippen molar-refractivity contribution in [1.82, 2.24) is 19.7 Å². The van der Waals surface area contributed by atoms with E-state index in [2.05, 4.69) is 34.2 Å². The molecule has 0 amide bonds. The van der Waals surface area contributed by atoms with Crippen molar-refractivity contribution in [2.24, 2.45) is 7.05 Å². The zero-order valence-electron chi connectivity index (χ0n) is 12.0. The van der Waals surface area contributed by atoms with Gasteiger partial charge in [0.15, 0.2) is 0 Å². The molecule has 0 fully saturated rings. The Balaban J connectivity index is 2.27. The Morgan fingerprint density at radius 1 is 1.26 bits per heavy atom. The van der Waals surface area contributed by atoms with Crippen LogP contribution in [0.5, 0.6) is 0 Å². The Morgan fingerprint density at radius 2 is 1.95 bits per heavy atom. The van der Waals surface area contributed by atoms with Crippen molar-refractivity contribution in [2.75, 3.05) is 11.1 Å². The fourth-order valence-electron chi connectivity index (χ4n) is 2.38. The molecule has 102 valence electrons. The van der Waals surface area contributed by atoms with Gasteiger partial charge in [-0.05, 0) is 27.7 Å². The first-order valence-electron chi connectivity index (χ1n) is 6.26. The second kappa shape index (κ2) is 4.87. The fourth-order valence-corrected chi connectivity index (χ4v) is 2.38. The van der Waals surface area contributed by atoms with Gasteiger partial charge in [0.25, 0.3) is 0 Å². The van der Waals surface area contributed by atoms with Gasteiger partial charge >= 0.3 is 0 Å². The topological polar surface area (TPSA) is 81.7 Å². The van der Waals surface area contributed by atoms with Gasteiger partial charge in [0.2, 0.25) is 5.95 Å². The summed E-state index contributed by atoms with van der Waals surface area (Å²) in [5, 5.41) is 7.78. The molecule has 1 unspecified atom stereocenters. The Bertz CT molecular complexity index is 581. The summed E-state index contributed by atoms with van der Waals surface area (Å²) in [5.41, 5.74) is 9.88. The van der Waals surface area contributed by atoms with Crippen molar-refractivity contribution >= 4 is 11.8 Å². The van der Waals surface area contributed by atoms with E-state index in [-0.39, 0.29) is 12.0 Å². The fraction of sp³-hybridized carbons (Fsp3) is 0.462.